The molecule has 0 bridgehead atoms. The highest BCUT2D eigenvalue weighted by molar-refractivity contribution is 7.94. The number of methoxy groups -OCH3 is 1. The third-order valence-electron chi connectivity index (χ3n) is 3.84. The fourth-order valence-corrected chi connectivity index (χ4v) is 5.80. The van der Waals surface area contributed by atoms with E-state index in [1.165, 1.54) is 19.2 Å². The van der Waals surface area contributed by atoms with E-state index in [1.807, 2.05) is 0 Å². The first-order chi connectivity index (χ1) is 11.6. The largest absolute Gasteiger partial charge is 0.385 e. The zero-order chi connectivity index (χ0) is 18.8. The van der Waals surface area contributed by atoms with Crippen LogP contribution in [0.1, 0.15) is 24.0 Å². The normalized spacial score (nSPS) is 17.2. The number of anilines is 1. The van der Waals surface area contributed by atoms with Crippen molar-refractivity contribution in [3.05, 3.63) is 23.3 Å². The zero-order valence-electron chi connectivity index (χ0n) is 14.4. The van der Waals surface area contributed by atoms with Crippen LogP contribution in [0, 0.1) is 13.8 Å². The summed E-state index contributed by atoms with van der Waals surface area (Å²) in [7, 11) is -5.89. The second-order valence-corrected chi connectivity index (χ2v) is 9.52. The SMILES string of the molecule is COCCCNS(=O)(=O)c1c(C)cc(N2C(=O)CCS2(=O)=O)cc1C. The Labute approximate surface area is 148 Å². The Morgan fingerprint density at radius 3 is 2.32 bits per heavy atom. The van der Waals surface area contributed by atoms with Crippen LogP contribution in [0.4, 0.5) is 5.69 Å². The van der Waals surface area contributed by atoms with Crippen molar-refractivity contribution in [1.29, 1.82) is 0 Å². The number of nitrogens with zero attached hydrogens (tertiary/aromatic N) is 1. The fourth-order valence-electron chi connectivity index (χ4n) is 2.83. The molecule has 0 saturated carbocycles. The molecule has 1 N–H and O–H groups in total. The van der Waals surface area contributed by atoms with Gasteiger partial charge in [-0.15, -0.1) is 0 Å². The lowest BCUT2D eigenvalue weighted by atomic mass is 10.1. The van der Waals surface area contributed by atoms with E-state index in [2.05, 4.69) is 4.72 Å². The predicted molar refractivity (Wildman–Crippen MR) is 93.5 cm³/mol. The van der Waals surface area contributed by atoms with Crippen LogP contribution in [-0.2, 0) is 29.6 Å². The number of benzene rings is 1. The summed E-state index contributed by atoms with van der Waals surface area (Å²) in [5, 5.41) is 0. The number of hydrogen-bond acceptors (Lipinski definition) is 6. The van der Waals surface area contributed by atoms with Gasteiger partial charge in [0, 0.05) is 26.7 Å². The molecule has 1 aliphatic rings. The monoisotopic (exact) mass is 390 g/mol. The Kier molecular flexibility index (Phi) is 5.87. The summed E-state index contributed by atoms with van der Waals surface area (Å²) in [6.07, 6.45) is 0.466. The standard InChI is InChI=1S/C15H22N2O6S2/c1-11-9-13(17-14(18)5-8-24(17,19)20)10-12(2)15(11)25(21,22)16-6-4-7-23-3/h9-10,16H,4-8H2,1-3H3. The molecule has 10 heteroatoms. The van der Waals surface area contributed by atoms with Crippen LogP contribution in [0.2, 0.25) is 0 Å². The van der Waals surface area contributed by atoms with Crippen LogP contribution in [0.25, 0.3) is 0 Å². The Hall–Kier alpha value is -1.49. The maximum absolute atomic E-state index is 12.5. The molecule has 8 nitrogen and oxygen atoms in total. The van der Waals surface area contributed by atoms with Crippen LogP contribution in [-0.4, -0.2) is 48.8 Å². The van der Waals surface area contributed by atoms with Gasteiger partial charge in [0.25, 0.3) is 0 Å². The van der Waals surface area contributed by atoms with Gasteiger partial charge in [0.05, 0.1) is 16.3 Å². The molecule has 0 aliphatic carbocycles. The maximum Gasteiger partial charge on any atom is 0.242 e. The van der Waals surface area contributed by atoms with Crippen molar-refractivity contribution in [1.82, 2.24) is 4.72 Å². The number of aryl methyl sites for hydroxylation is 2. The van der Waals surface area contributed by atoms with Gasteiger partial charge in [-0.05, 0) is 43.5 Å². The van der Waals surface area contributed by atoms with E-state index in [4.69, 9.17) is 4.74 Å². The van der Waals surface area contributed by atoms with Crippen LogP contribution in [0.3, 0.4) is 0 Å². The van der Waals surface area contributed by atoms with Gasteiger partial charge in [-0.1, -0.05) is 0 Å². The van der Waals surface area contributed by atoms with Gasteiger partial charge >= 0.3 is 0 Å². The molecule has 1 aromatic rings. The predicted octanol–water partition coefficient (Wildman–Crippen LogP) is 0.685. The summed E-state index contributed by atoms with van der Waals surface area (Å²) in [6.45, 7) is 3.82. The highest BCUT2D eigenvalue weighted by Gasteiger charge is 2.37. The summed E-state index contributed by atoms with van der Waals surface area (Å²) in [5.74, 6) is -0.738. The third kappa shape index (κ3) is 4.20. The maximum atomic E-state index is 12.5. The van der Waals surface area contributed by atoms with Gasteiger partial charge in [-0.3, -0.25) is 4.79 Å². The van der Waals surface area contributed by atoms with Crippen molar-refractivity contribution in [2.24, 2.45) is 0 Å². The topological polar surface area (TPSA) is 110 Å². The number of carbonyl (C=O) groups excluding carboxylic acids is 1. The molecule has 1 heterocycles. The molecule has 0 aromatic heterocycles. The van der Waals surface area contributed by atoms with Crippen molar-refractivity contribution in [3.8, 4) is 0 Å². The summed E-state index contributed by atoms with van der Waals surface area (Å²) < 4.78 is 57.2. The van der Waals surface area contributed by atoms with E-state index in [0.717, 1.165) is 4.31 Å². The summed E-state index contributed by atoms with van der Waals surface area (Å²) >= 11 is 0. The molecule has 25 heavy (non-hydrogen) atoms. The van der Waals surface area contributed by atoms with E-state index in [-0.39, 0.29) is 29.3 Å². The number of hydrogen-bond donors (Lipinski definition) is 1. The molecule has 1 saturated heterocycles. The first-order valence-electron chi connectivity index (χ1n) is 7.76. The lowest BCUT2D eigenvalue weighted by Crippen LogP contribution is -2.30. The number of ether oxygens (including phenoxy) is 1. The van der Waals surface area contributed by atoms with E-state index >= 15 is 0 Å². The van der Waals surface area contributed by atoms with Gasteiger partial charge in [0.1, 0.15) is 0 Å². The minimum absolute atomic E-state index is 0.0679. The first-order valence-corrected chi connectivity index (χ1v) is 10.8. The van der Waals surface area contributed by atoms with Crippen molar-refractivity contribution in [3.63, 3.8) is 0 Å². The van der Waals surface area contributed by atoms with Crippen LogP contribution >= 0.6 is 0 Å². The van der Waals surface area contributed by atoms with Crippen molar-refractivity contribution in [2.75, 3.05) is 30.3 Å². The molecular formula is C15H22N2O6S2. The van der Waals surface area contributed by atoms with Gasteiger partial charge in [-0.2, -0.15) is 0 Å². The molecule has 0 radical (unpaired) electrons. The van der Waals surface area contributed by atoms with Crippen LogP contribution in [0.5, 0.6) is 0 Å². The van der Waals surface area contributed by atoms with Gasteiger partial charge in [0.2, 0.25) is 26.0 Å². The van der Waals surface area contributed by atoms with Crippen LogP contribution in [0.15, 0.2) is 17.0 Å². The van der Waals surface area contributed by atoms with Crippen molar-refractivity contribution < 1.29 is 26.4 Å². The minimum Gasteiger partial charge on any atom is -0.385 e. The molecule has 0 unspecified atom stereocenters. The average molecular weight is 390 g/mol. The van der Waals surface area contributed by atoms with E-state index in [9.17, 15) is 21.6 Å². The number of sulfonamides is 2. The van der Waals surface area contributed by atoms with Crippen molar-refractivity contribution >= 4 is 31.6 Å². The third-order valence-corrected chi connectivity index (χ3v) is 7.30. The number of amides is 1. The van der Waals surface area contributed by atoms with Gasteiger partial charge in [-0.25, -0.2) is 25.9 Å². The second kappa shape index (κ2) is 7.40. The lowest BCUT2D eigenvalue weighted by Gasteiger charge is -2.19. The average Bonchev–Trinajstić information content (AvgIpc) is 2.76. The molecule has 1 aliphatic heterocycles. The Bertz CT molecular complexity index is 854. The number of rotatable bonds is 7. The summed E-state index contributed by atoms with van der Waals surface area (Å²) in [5.41, 5.74) is 0.934. The van der Waals surface area contributed by atoms with E-state index < -0.39 is 26.0 Å². The molecule has 1 fully saturated rings. The molecule has 0 atom stereocenters. The van der Waals surface area contributed by atoms with Gasteiger partial charge < -0.3 is 4.74 Å². The molecule has 1 amide bonds. The Balaban J connectivity index is 2.36. The van der Waals surface area contributed by atoms with Crippen molar-refractivity contribution in [2.45, 2.75) is 31.6 Å². The summed E-state index contributed by atoms with van der Waals surface area (Å²) in [6, 6.07) is 2.83. The highest BCUT2D eigenvalue weighted by Crippen LogP contribution is 2.31. The Morgan fingerprint density at radius 1 is 1.24 bits per heavy atom. The molecular weight excluding hydrogens is 368 g/mol. The molecule has 140 valence electrons. The van der Waals surface area contributed by atoms with Crippen LogP contribution < -0.4 is 9.03 Å². The smallest absolute Gasteiger partial charge is 0.242 e. The zero-order valence-corrected chi connectivity index (χ0v) is 16.0. The highest BCUT2D eigenvalue weighted by atomic mass is 32.2. The minimum atomic E-state index is -3.74. The lowest BCUT2D eigenvalue weighted by molar-refractivity contribution is -0.116. The summed E-state index contributed by atoms with van der Waals surface area (Å²) in [4.78, 5) is 12.0. The molecule has 0 spiro atoms. The quantitative estimate of drug-likeness (QED) is 0.686. The van der Waals surface area contributed by atoms with E-state index in [0.29, 0.717) is 24.2 Å². The second-order valence-electron chi connectivity index (χ2n) is 5.88. The first kappa shape index (κ1) is 19.8. The number of nitrogens with one attached hydrogen (secondary N) is 1. The fraction of sp³-hybridized carbons (Fsp3) is 0.533. The van der Waals surface area contributed by atoms with Gasteiger partial charge in [0.15, 0.2) is 0 Å². The van der Waals surface area contributed by atoms with E-state index in [1.54, 1.807) is 13.8 Å². The molecule has 2 rings (SSSR count). The number of carbonyl (C=O) groups is 1. The Morgan fingerprint density at radius 2 is 1.84 bits per heavy atom. The molecule has 1 aromatic carbocycles.